The Kier molecular flexibility index (Phi) is 8.89. The molecule has 0 unspecified atom stereocenters. The highest BCUT2D eigenvalue weighted by atomic mass is 35.5. The third-order valence-corrected chi connectivity index (χ3v) is 9.60. The first kappa shape index (κ1) is 28.9. The van der Waals surface area contributed by atoms with E-state index in [0.717, 1.165) is 34.6 Å². The molecule has 4 rings (SSSR count). The predicted molar refractivity (Wildman–Crippen MR) is 147 cm³/mol. The number of halogens is 1. The molecule has 0 spiro atoms. The van der Waals surface area contributed by atoms with E-state index in [1.807, 2.05) is 0 Å². The van der Waals surface area contributed by atoms with Crippen molar-refractivity contribution in [3.8, 4) is 0 Å². The Hall–Kier alpha value is -3.07. The Morgan fingerprint density at radius 3 is 2.64 bits per heavy atom. The third-order valence-electron chi connectivity index (χ3n) is 5.73. The minimum atomic E-state index is -4.22. The van der Waals surface area contributed by atoms with Crippen LogP contribution in [0.15, 0.2) is 23.2 Å². The average molecular weight is 614 g/mol. The van der Waals surface area contributed by atoms with Crippen molar-refractivity contribution in [3.05, 3.63) is 44.0 Å². The Balaban J connectivity index is 1.51. The lowest BCUT2D eigenvalue weighted by Crippen LogP contribution is -2.29. The topological polar surface area (TPSA) is 150 Å². The standard InChI is InChI=1S/C24H24ClN3O8S3/c1-3-36-23(32)21-14-5-4-6-16(14)37-22(21)26-18(29)11-39(33,34)12-19(30)27-24-28(10-20(31)35-2)15-8-7-13(25)9-17(15)38-24/h7-9H,3-6,10-12H2,1-2H3,(H,26,29). The molecule has 15 heteroatoms. The molecule has 0 bridgehead atoms. The van der Waals surface area contributed by atoms with Crippen molar-refractivity contribution in [2.45, 2.75) is 32.7 Å². The fraction of sp³-hybridized carbons (Fsp3) is 0.375. The van der Waals surface area contributed by atoms with Gasteiger partial charge in [0, 0.05) is 9.90 Å². The summed E-state index contributed by atoms with van der Waals surface area (Å²) in [5, 5.41) is 3.18. The van der Waals surface area contributed by atoms with E-state index in [2.05, 4.69) is 10.3 Å². The highest BCUT2D eigenvalue weighted by molar-refractivity contribution is 7.92. The fourth-order valence-corrected chi connectivity index (χ4v) is 7.76. The van der Waals surface area contributed by atoms with E-state index < -0.39 is 45.1 Å². The molecule has 0 atom stereocenters. The molecular weight excluding hydrogens is 590 g/mol. The number of esters is 2. The summed E-state index contributed by atoms with van der Waals surface area (Å²) < 4.78 is 37.3. The number of thiazole rings is 1. The van der Waals surface area contributed by atoms with Crippen molar-refractivity contribution in [2.24, 2.45) is 4.99 Å². The van der Waals surface area contributed by atoms with Gasteiger partial charge in [-0.25, -0.2) is 13.2 Å². The zero-order chi connectivity index (χ0) is 28.3. The number of ether oxygens (including phenoxy) is 2. The van der Waals surface area contributed by atoms with E-state index in [-0.39, 0.29) is 28.5 Å². The minimum Gasteiger partial charge on any atom is -0.468 e. The van der Waals surface area contributed by atoms with E-state index in [9.17, 15) is 27.6 Å². The molecule has 208 valence electrons. The molecule has 1 aliphatic carbocycles. The maximum absolute atomic E-state index is 12.7. The van der Waals surface area contributed by atoms with Gasteiger partial charge < -0.3 is 19.4 Å². The van der Waals surface area contributed by atoms with E-state index >= 15 is 0 Å². The van der Waals surface area contributed by atoms with E-state index in [4.69, 9.17) is 21.1 Å². The molecule has 39 heavy (non-hydrogen) atoms. The molecule has 1 aromatic carbocycles. The molecule has 0 radical (unpaired) electrons. The van der Waals surface area contributed by atoms with Crippen LogP contribution in [-0.2, 0) is 53.1 Å². The lowest BCUT2D eigenvalue weighted by molar-refractivity contribution is -0.141. The van der Waals surface area contributed by atoms with Crippen LogP contribution in [0, 0.1) is 0 Å². The number of amides is 2. The number of rotatable bonds is 9. The van der Waals surface area contributed by atoms with Crippen LogP contribution in [-0.4, -0.2) is 62.0 Å². The van der Waals surface area contributed by atoms with Crippen molar-refractivity contribution in [3.63, 3.8) is 0 Å². The molecule has 0 aliphatic heterocycles. The zero-order valence-corrected chi connectivity index (χ0v) is 24.2. The van der Waals surface area contributed by atoms with E-state index in [1.165, 1.54) is 23.0 Å². The number of carbonyl (C=O) groups is 4. The molecule has 2 amide bonds. The second-order valence-electron chi connectivity index (χ2n) is 8.53. The summed E-state index contributed by atoms with van der Waals surface area (Å²) in [5.74, 6) is -5.08. The van der Waals surface area contributed by atoms with Crippen molar-refractivity contribution in [1.82, 2.24) is 4.57 Å². The minimum absolute atomic E-state index is 0.0782. The Bertz CT molecular complexity index is 1650. The van der Waals surface area contributed by atoms with Gasteiger partial charge in [-0.05, 0) is 49.9 Å². The summed E-state index contributed by atoms with van der Waals surface area (Å²) in [6, 6.07) is 4.88. The van der Waals surface area contributed by atoms with Crippen molar-refractivity contribution >= 4 is 83.1 Å². The van der Waals surface area contributed by atoms with Gasteiger partial charge in [-0.1, -0.05) is 22.9 Å². The number of carbonyl (C=O) groups excluding carboxylic acids is 4. The van der Waals surface area contributed by atoms with Crippen LogP contribution >= 0.6 is 34.3 Å². The van der Waals surface area contributed by atoms with Crippen LogP contribution in [0.3, 0.4) is 0 Å². The maximum Gasteiger partial charge on any atom is 0.341 e. The van der Waals surface area contributed by atoms with Gasteiger partial charge in [-0.3, -0.25) is 14.4 Å². The summed E-state index contributed by atoms with van der Waals surface area (Å²) in [7, 11) is -3.00. The summed E-state index contributed by atoms with van der Waals surface area (Å²) in [5.41, 5.74) is 1.63. The van der Waals surface area contributed by atoms with Crippen LogP contribution in [0.5, 0.6) is 0 Å². The number of thiophene rings is 1. The monoisotopic (exact) mass is 613 g/mol. The van der Waals surface area contributed by atoms with E-state index in [1.54, 1.807) is 25.1 Å². The van der Waals surface area contributed by atoms with Crippen LogP contribution in [0.2, 0.25) is 5.02 Å². The Labute approximate surface area is 236 Å². The van der Waals surface area contributed by atoms with Crippen LogP contribution in [0.25, 0.3) is 10.2 Å². The van der Waals surface area contributed by atoms with Crippen molar-refractivity contribution < 1.29 is 37.1 Å². The Morgan fingerprint density at radius 1 is 1.15 bits per heavy atom. The first-order valence-electron chi connectivity index (χ1n) is 11.8. The quantitative estimate of drug-likeness (QED) is 0.362. The number of methoxy groups -OCH3 is 1. The number of nitrogens with zero attached hydrogens (tertiary/aromatic N) is 2. The fourth-order valence-electron chi connectivity index (χ4n) is 4.13. The molecule has 11 nitrogen and oxygen atoms in total. The molecule has 1 N–H and O–H groups in total. The molecule has 2 heterocycles. The van der Waals surface area contributed by atoms with Crippen molar-refractivity contribution in [1.29, 1.82) is 0 Å². The molecule has 0 saturated carbocycles. The van der Waals surface area contributed by atoms with Gasteiger partial charge in [-0.2, -0.15) is 4.99 Å². The highest BCUT2D eigenvalue weighted by Gasteiger charge is 2.29. The van der Waals surface area contributed by atoms with Gasteiger partial charge in [0.1, 0.15) is 23.1 Å². The van der Waals surface area contributed by atoms with Gasteiger partial charge in [-0.15, -0.1) is 11.3 Å². The second kappa shape index (κ2) is 12.0. The zero-order valence-electron chi connectivity index (χ0n) is 20.9. The first-order chi connectivity index (χ1) is 18.5. The third kappa shape index (κ3) is 6.75. The smallest absolute Gasteiger partial charge is 0.341 e. The normalized spacial score (nSPS) is 13.4. The number of nitrogens with one attached hydrogen (secondary N) is 1. The lowest BCUT2D eigenvalue weighted by atomic mass is 10.1. The molecular formula is C24H24ClN3O8S3. The van der Waals surface area contributed by atoms with Crippen LogP contribution < -0.4 is 10.1 Å². The van der Waals surface area contributed by atoms with E-state index in [0.29, 0.717) is 21.7 Å². The molecule has 3 aromatic rings. The van der Waals surface area contributed by atoms with Gasteiger partial charge in [0.15, 0.2) is 14.6 Å². The summed E-state index contributed by atoms with van der Waals surface area (Å²) >= 11 is 8.31. The molecule has 0 saturated heterocycles. The number of benzene rings is 1. The maximum atomic E-state index is 12.7. The number of hydrogen-bond acceptors (Lipinski definition) is 10. The number of fused-ring (bicyclic) bond motifs is 2. The first-order valence-corrected chi connectivity index (χ1v) is 15.6. The number of anilines is 1. The van der Waals surface area contributed by atoms with Crippen molar-refractivity contribution in [2.75, 3.05) is 30.5 Å². The van der Waals surface area contributed by atoms with Gasteiger partial charge in [0.2, 0.25) is 5.91 Å². The number of hydrogen-bond donors (Lipinski definition) is 1. The molecule has 1 aliphatic rings. The van der Waals surface area contributed by atoms with Crippen LogP contribution in [0.4, 0.5) is 5.00 Å². The summed E-state index contributed by atoms with van der Waals surface area (Å²) in [4.78, 5) is 54.6. The highest BCUT2D eigenvalue weighted by Crippen LogP contribution is 2.39. The van der Waals surface area contributed by atoms with Gasteiger partial charge >= 0.3 is 11.9 Å². The number of sulfone groups is 1. The second-order valence-corrected chi connectivity index (χ2v) is 13.1. The molecule has 2 aromatic heterocycles. The average Bonchev–Trinajstić information content (AvgIpc) is 3.51. The summed E-state index contributed by atoms with van der Waals surface area (Å²) in [6.45, 7) is 1.57. The number of aryl methyl sites for hydroxylation is 1. The van der Waals surface area contributed by atoms with Gasteiger partial charge in [0.25, 0.3) is 5.91 Å². The Morgan fingerprint density at radius 2 is 1.92 bits per heavy atom. The lowest BCUT2D eigenvalue weighted by Gasteiger charge is -2.08. The molecule has 0 fully saturated rings. The SMILES string of the molecule is CCOC(=O)c1c(NC(=O)CS(=O)(=O)CC(=O)N=c2sc3cc(Cl)ccc3n2CC(=O)OC)sc2c1CCC2. The summed E-state index contributed by atoms with van der Waals surface area (Å²) in [6.07, 6.45) is 2.31. The van der Waals surface area contributed by atoms with Gasteiger partial charge in [0.05, 0.1) is 29.5 Å². The van der Waals surface area contributed by atoms with Crippen LogP contribution in [0.1, 0.15) is 34.1 Å². The largest absolute Gasteiger partial charge is 0.468 e. The number of aromatic nitrogens is 1. The predicted octanol–water partition coefficient (Wildman–Crippen LogP) is 2.74.